The molecule has 0 saturated heterocycles. The molecule has 6 aromatic rings. The monoisotopic (exact) mass is 1520 g/mol. The van der Waals surface area contributed by atoms with Crippen LogP contribution < -0.4 is 0 Å². The van der Waals surface area contributed by atoms with Crippen LogP contribution in [-0.4, -0.2) is 59.4 Å². The van der Waals surface area contributed by atoms with Gasteiger partial charge in [0.25, 0.3) is 0 Å². The molecule has 114 heavy (non-hydrogen) atoms. The van der Waals surface area contributed by atoms with Crippen LogP contribution in [0.15, 0.2) is 155 Å². The quantitative estimate of drug-likeness (QED) is 0.0481. The van der Waals surface area contributed by atoms with Crippen LogP contribution in [0.25, 0.3) is 0 Å². The lowest BCUT2D eigenvalue weighted by Gasteiger charge is -2.38. The zero-order chi connectivity index (χ0) is 83.2. The maximum Gasteiger partial charge on any atom is 0.146 e. The van der Waals surface area contributed by atoms with E-state index >= 15 is 0 Å². The number of hydrogen-bond acceptors (Lipinski definition) is 8. The molecule has 0 radical (unpaired) electrons. The van der Waals surface area contributed by atoms with E-state index in [0.29, 0.717) is 45.1 Å². The zero-order valence-electron chi connectivity index (χ0n) is 71.4. The summed E-state index contributed by atoms with van der Waals surface area (Å²) < 4.78 is 0. The molecule has 0 atom stereocenters. The number of rotatable bonds is 23. The molecular weight excluding hydrogens is 1410 g/mol. The molecule has 0 aliphatic heterocycles. The summed E-state index contributed by atoms with van der Waals surface area (Å²) in [4.78, 5) is 27.3. The Bertz CT molecular complexity index is 5060. The maximum absolute atomic E-state index is 9.91. The standard InChI is InChI=1S/C57H69N3OSi.C48H49N3O/c1-13-17-21-52(51(20-16-4)29-24-48-26-34-56(60-42-48)38-40-62(44(5)6,45(7)8)46(9)10)30-35-54-32-25-47(41-58-54)23-28-50(19-15-3)53(22-18-14-2)31-36-55-33-27-49(43-59-55)37-39-57(11,12)61;1-8-13-17-43(41(15-10-3)24-19-38-21-28-45(12-5)49-35-38)26-31-46-29-22-39(36-50-46)20-25-42(16-11-4)44(18-14-9-2)27-32-47-30-23-40(37-51-47)33-34-48(6,7)52/h25-27,32-34,41-46,61H,13-22H2,1-12H3;5,21-23,28-30,35-37,52H,8-11,13-18H2,1-4,6-7H3/b52-51+,53-50+;43-41+,44-42+. The Morgan fingerprint density at radius 2 is 0.509 bits per heavy atom. The van der Waals surface area contributed by atoms with E-state index in [-0.39, 0.29) is 0 Å². The summed E-state index contributed by atoms with van der Waals surface area (Å²) in [5.74, 6) is 71.5. The van der Waals surface area contributed by atoms with Gasteiger partial charge in [-0.15, -0.1) is 12.0 Å². The maximum atomic E-state index is 9.91. The van der Waals surface area contributed by atoms with Crippen LogP contribution in [0.4, 0.5) is 0 Å². The summed E-state index contributed by atoms with van der Waals surface area (Å²) in [5, 5.41) is 19.8. The van der Waals surface area contributed by atoms with E-state index in [2.05, 4.69) is 253 Å². The third-order valence-corrected chi connectivity index (χ3v) is 24.7. The second-order valence-electron chi connectivity index (χ2n) is 30.2. The molecule has 0 aromatic carbocycles. The fourth-order valence-electron chi connectivity index (χ4n) is 12.2. The Kier molecular flexibility index (Phi) is 41.5. The van der Waals surface area contributed by atoms with Crippen molar-refractivity contribution in [1.29, 1.82) is 0 Å². The highest BCUT2D eigenvalue weighted by Crippen LogP contribution is 2.41. The molecule has 0 aliphatic rings. The number of pyridine rings is 6. The van der Waals surface area contributed by atoms with Gasteiger partial charge in [0, 0.05) is 115 Å². The van der Waals surface area contributed by atoms with E-state index in [1.165, 1.54) is 0 Å². The topological polar surface area (TPSA) is 118 Å². The van der Waals surface area contributed by atoms with E-state index in [1.807, 2.05) is 85.2 Å². The van der Waals surface area contributed by atoms with Crippen LogP contribution in [0.5, 0.6) is 0 Å². The van der Waals surface area contributed by atoms with Gasteiger partial charge < -0.3 is 10.2 Å². The summed E-state index contributed by atoms with van der Waals surface area (Å²) in [7, 11) is -1.83. The minimum Gasteiger partial charge on any atom is -0.378 e. The van der Waals surface area contributed by atoms with Crippen LogP contribution >= 0.6 is 0 Å². The van der Waals surface area contributed by atoms with Crippen molar-refractivity contribution in [3.05, 3.63) is 222 Å². The van der Waals surface area contributed by atoms with Gasteiger partial charge >= 0.3 is 0 Å². The van der Waals surface area contributed by atoms with E-state index < -0.39 is 19.3 Å². The van der Waals surface area contributed by atoms with Crippen molar-refractivity contribution in [3.63, 3.8) is 0 Å². The van der Waals surface area contributed by atoms with Gasteiger partial charge in [0.15, 0.2) is 0 Å². The predicted molar refractivity (Wildman–Crippen MR) is 478 cm³/mol. The lowest BCUT2D eigenvalue weighted by molar-refractivity contribution is 0.143. The fraction of sp³-hybridized carbons (Fsp3) is 0.410. The lowest BCUT2D eigenvalue weighted by atomic mass is 9.98. The molecule has 8 nitrogen and oxygen atoms in total. The van der Waals surface area contributed by atoms with Gasteiger partial charge in [0.2, 0.25) is 0 Å². The number of unbranched alkanes of at least 4 members (excludes halogenated alkanes) is 4. The minimum absolute atomic E-state index is 0.579. The van der Waals surface area contributed by atoms with Gasteiger partial charge in [-0.3, -0.25) is 0 Å². The minimum atomic E-state index is -1.83. The molecule has 6 heterocycles. The normalized spacial score (nSPS) is 11.5. The molecule has 0 spiro atoms. The van der Waals surface area contributed by atoms with E-state index in [4.69, 9.17) is 16.4 Å². The Hall–Kier alpha value is -11.3. The summed E-state index contributed by atoms with van der Waals surface area (Å²) >= 11 is 0. The van der Waals surface area contributed by atoms with Crippen molar-refractivity contribution < 1.29 is 10.2 Å². The highest BCUT2D eigenvalue weighted by Gasteiger charge is 2.41. The van der Waals surface area contributed by atoms with E-state index in [0.717, 1.165) is 212 Å². The molecule has 0 bridgehead atoms. The molecule has 0 fully saturated rings. The van der Waals surface area contributed by atoms with Gasteiger partial charge in [-0.2, -0.15) is 0 Å². The molecule has 584 valence electrons. The molecule has 2 N–H and O–H groups in total. The van der Waals surface area contributed by atoms with Gasteiger partial charge in [-0.05, 0) is 218 Å². The summed E-state index contributed by atoms with van der Waals surface area (Å²) in [6.45, 7) is 38.1. The van der Waals surface area contributed by atoms with Crippen LogP contribution in [0.3, 0.4) is 0 Å². The molecule has 0 saturated carbocycles. The average Bonchev–Trinajstić information content (AvgIpc) is 0.801. The highest BCUT2D eigenvalue weighted by atomic mass is 28.3. The highest BCUT2D eigenvalue weighted by molar-refractivity contribution is 6.90. The first-order chi connectivity index (χ1) is 54.8. The van der Waals surface area contributed by atoms with Gasteiger partial charge in [0.05, 0.1) is 0 Å². The molecule has 6 aromatic heterocycles. The predicted octanol–water partition coefficient (Wildman–Crippen LogP) is 22.3. The van der Waals surface area contributed by atoms with E-state index in [1.54, 1.807) is 52.5 Å². The number of nitrogens with zero attached hydrogens (tertiary/aromatic N) is 6. The second kappa shape index (κ2) is 50.7. The Labute approximate surface area is 689 Å². The van der Waals surface area contributed by atoms with Crippen molar-refractivity contribution in [2.45, 2.75) is 281 Å². The van der Waals surface area contributed by atoms with Gasteiger partial charge in [-0.25, -0.2) is 29.9 Å². The molecule has 6 rings (SSSR count). The number of allylic oxidation sites excluding steroid dienone is 8. The van der Waals surface area contributed by atoms with Crippen molar-refractivity contribution in [2.75, 3.05) is 0 Å². The number of aromatic nitrogens is 6. The third-order valence-electron chi connectivity index (χ3n) is 18.4. The molecule has 9 heteroatoms. The largest absolute Gasteiger partial charge is 0.378 e. The van der Waals surface area contributed by atoms with Crippen molar-refractivity contribution in [1.82, 2.24) is 29.9 Å². The molecule has 0 aliphatic carbocycles. The summed E-state index contributed by atoms with van der Waals surface area (Å²) in [5.41, 5.74) is 20.9. The first-order valence-corrected chi connectivity index (χ1v) is 43.4. The van der Waals surface area contributed by atoms with Gasteiger partial charge in [-0.1, -0.05) is 255 Å². The third kappa shape index (κ3) is 34.4. The molecule has 0 unspecified atom stereocenters. The number of hydrogen-bond donors (Lipinski definition) is 2. The lowest BCUT2D eigenvalue weighted by Crippen LogP contribution is -2.43. The van der Waals surface area contributed by atoms with Crippen LogP contribution in [0.1, 0.15) is 321 Å². The zero-order valence-corrected chi connectivity index (χ0v) is 72.4. The van der Waals surface area contributed by atoms with Crippen LogP contribution in [0, 0.1) is 142 Å². The van der Waals surface area contributed by atoms with E-state index in [9.17, 15) is 10.2 Å². The fourth-order valence-corrected chi connectivity index (χ4v) is 17.4. The Morgan fingerprint density at radius 1 is 0.298 bits per heavy atom. The average molecular weight is 1520 g/mol. The number of terminal acetylenes is 1. The number of aliphatic hydroxyl groups is 2. The molecule has 0 amide bonds. The Balaban J connectivity index is 0.000000413. The second-order valence-corrected chi connectivity index (χ2v) is 35.8. The van der Waals surface area contributed by atoms with Crippen LogP contribution in [0.2, 0.25) is 16.6 Å². The van der Waals surface area contributed by atoms with Crippen molar-refractivity contribution >= 4 is 8.07 Å². The smallest absolute Gasteiger partial charge is 0.146 e. The summed E-state index contributed by atoms with van der Waals surface area (Å²) in [6.07, 6.45) is 35.2. The first kappa shape index (κ1) is 93.3. The summed E-state index contributed by atoms with van der Waals surface area (Å²) in [6, 6.07) is 23.1. The first-order valence-electron chi connectivity index (χ1n) is 41.1. The molecular formula is C105H118N6O2Si. The van der Waals surface area contributed by atoms with Crippen molar-refractivity contribution in [2.24, 2.45) is 0 Å². The van der Waals surface area contributed by atoms with Crippen molar-refractivity contribution in [3.8, 4) is 142 Å². The van der Waals surface area contributed by atoms with Crippen LogP contribution in [-0.2, 0) is 0 Å². The SMILES string of the molecule is C#Cc1ccc(C#C/C(CCC)=C(/C#Cc2ccc(C#C/C(CCC)=C(/C#Cc3ccc(C#CC(C)(C)O)cn3)CCCC)cn2)CCCC)cn1.CCCC/C(C#Cc1ccc(C#C/C(CCC)=C(/C#Cc2ccc(C#CC(C)(C)O)cn2)CCCC)cn1)=C(\C#Cc1ccc(C#C[Si](C(C)C)(C(C)C)C(C)C)nc1)CCC. The Morgan fingerprint density at radius 3 is 0.702 bits per heavy atom. The van der Waals surface area contributed by atoms with Gasteiger partial charge in [0.1, 0.15) is 53.4 Å².